The minimum Gasteiger partial charge on any atom is -0.396 e. The van der Waals surface area contributed by atoms with Crippen molar-refractivity contribution in [3.8, 4) is 0 Å². The second-order valence-corrected chi connectivity index (χ2v) is 6.85. The average Bonchev–Trinajstić information content (AvgIpc) is 3.27. The molecule has 1 fully saturated rings. The fraction of sp³-hybridized carbons (Fsp3) is 0.579. The molecule has 3 rings (SSSR count). The lowest BCUT2D eigenvalue weighted by atomic mass is 9.84. The number of nitrogens with one attached hydrogen (secondary N) is 3. The molecule has 2 heterocycles. The van der Waals surface area contributed by atoms with Gasteiger partial charge in [-0.05, 0) is 31.9 Å². The van der Waals surface area contributed by atoms with Crippen LogP contribution in [0.1, 0.15) is 25.6 Å². The number of imidazole rings is 1. The Morgan fingerprint density at radius 3 is 3.00 bits per heavy atom. The number of para-hydroxylation sites is 2. The van der Waals surface area contributed by atoms with E-state index in [9.17, 15) is 5.11 Å². The summed E-state index contributed by atoms with van der Waals surface area (Å²) in [7, 11) is 0. The molecule has 1 aliphatic heterocycles. The van der Waals surface area contributed by atoms with E-state index in [-0.39, 0.29) is 12.0 Å². The van der Waals surface area contributed by atoms with Gasteiger partial charge in [-0.15, -0.1) is 0 Å². The van der Waals surface area contributed by atoms with E-state index in [1.807, 2.05) is 24.3 Å². The van der Waals surface area contributed by atoms with Gasteiger partial charge in [-0.3, -0.25) is 4.99 Å². The number of aliphatic hydroxyl groups is 1. The largest absolute Gasteiger partial charge is 0.396 e. The van der Waals surface area contributed by atoms with Crippen LogP contribution in [0, 0.1) is 5.41 Å². The van der Waals surface area contributed by atoms with Crippen molar-refractivity contribution in [1.29, 1.82) is 0 Å². The van der Waals surface area contributed by atoms with E-state index in [4.69, 9.17) is 9.73 Å². The zero-order valence-electron chi connectivity index (χ0n) is 15.4. The molecule has 0 amide bonds. The molecule has 0 aliphatic carbocycles. The molecular formula is C19H29N5O2. The van der Waals surface area contributed by atoms with Crippen molar-refractivity contribution in [3.63, 3.8) is 0 Å². The first-order chi connectivity index (χ1) is 12.7. The molecular weight excluding hydrogens is 330 g/mol. The summed E-state index contributed by atoms with van der Waals surface area (Å²) in [6, 6.07) is 8.05. The van der Waals surface area contributed by atoms with E-state index < -0.39 is 0 Å². The molecule has 7 heteroatoms. The summed E-state index contributed by atoms with van der Waals surface area (Å²) in [6.07, 6.45) is 2.48. The lowest BCUT2D eigenvalue weighted by Gasteiger charge is -2.24. The normalized spacial score (nSPS) is 20.6. The van der Waals surface area contributed by atoms with E-state index in [0.29, 0.717) is 13.2 Å². The lowest BCUT2D eigenvalue weighted by Crippen LogP contribution is -2.39. The molecule has 2 aromatic rings. The minimum atomic E-state index is -0.0319. The van der Waals surface area contributed by atoms with Crippen LogP contribution in [-0.4, -0.2) is 60.5 Å². The van der Waals surface area contributed by atoms with E-state index in [2.05, 4.69) is 27.5 Å². The summed E-state index contributed by atoms with van der Waals surface area (Å²) in [5.74, 6) is 1.77. The summed E-state index contributed by atoms with van der Waals surface area (Å²) in [5, 5.41) is 16.0. The summed E-state index contributed by atoms with van der Waals surface area (Å²) in [6.45, 7) is 5.87. The summed E-state index contributed by atoms with van der Waals surface area (Å²) < 4.78 is 5.54. The maximum Gasteiger partial charge on any atom is 0.191 e. The minimum absolute atomic E-state index is 0.0319. The maximum atomic E-state index is 9.34. The van der Waals surface area contributed by atoms with Gasteiger partial charge in [0.15, 0.2) is 5.96 Å². The van der Waals surface area contributed by atoms with Gasteiger partial charge >= 0.3 is 0 Å². The number of guanidine groups is 1. The highest BCUT2D eigenvalue weighted by molar-refractivity contribution is 5.79. The van der Waals surface area contributed by atoms with Crippen molar-refractivity contribution in [2.24, 2.45) is 10.4 Å². The molecule has 0 bridgehead atoms. The molecule has 142 valence electrons. The van der Waals surface area contributed by atoms with E-state index >= 15 is 0 Å². The Bertz CT molecular complexity index is 689. The van der Waals surface area contributed by atoms with Gasteiger partial charge in [-0.25, -0.2) is 4.98 Å². The smallest absolute Gasteiger partial charge is 0.191 e. The highest BCUT2D eigenvalue weighted by Crippen LogP contribution is 2.32. The second kappa shape index (κ2) is 9.00. The van der Waals surface area contributed by atoms with E-state index in [0.717, 1.165) is 61.8 Å². The van der Waals surface area contributed by atoms with Crippen LogP contribution in [0.3, 0.4) is 0 Å². The molecule has 0 radical (unpaired) electrons. The van der Waals surface area contributed by atoms with Crippen molar-refractivity contribution >= 4 is 17.0 Å². The van der Waals surface area contributed by atoms with Gasteiger partial charge in [0, 0.05) is 38.1 Å². The van der Waals surface area contributed by atoms with Gasteiger partial charge in [0.05, 0.1) is 24.2 Å². The van der Waals surface area contributed by atoms with E-state index in [1.54, 1.807) is 0 Å². The molecule has 1 aromatic carbocycles. The van der Waals surface area contributed by atoms with Crippen molar-refractivity contribution < 1.29 is 9.84 Å². The highest BCUT2D eigenvalue weighted by atomic mass is 16.5. The van der Waals surface area contributed by atoms with Gasteiger partial charge in [0.25, 0.3) is 0 Å². The number of rotatable bonds is 8. The summed E-state index contributed by atoms with van der Waals surface area (Å²) in [4.78, 5) is 12.7. The molecule has 1 aromatic heterocycles. The van der Waals surface area contributed by atoms with Crippen molar-refractivity contribution in [3.05, 3.63) is 30.1 Å². The summed E-state index contributed by atoms with van der Waals surface area (Å²) >= 11 is 0. The Balaban J connectivity index is 1.55. The Morgan fingerprint density at radius 1 is 1.38 bits per heavy atom. The van der Waals surface area contributed by atoms with E-state index in [1.165, 1.54) is 0 Å². The number of aromatic amines is 1. The van der Waals surface area contributed by atoms with Gasteiger partial charge in [-0.1, -0.05) is 12.1 Å². The summed E-state index contributed by atoms with van der Waals surface area (Å²) in [5.41, 5.74) is 2.03. The standard InChI is InChI=1S/C19H29N5O2/c1-2-20-18(22-13-19(8-11-25)9-12-26-14-19)21-10-7-17-23-15-5-3-4-6-16(15)24-17/h3-6,25H,2,7-14H2,1H3,(H,23,24)(H2,20,21,22). The average molecular weight is 359 g/mol. The molecule has 1 saturated heterocycles. The third kappa shape index (κ3) is 4.74. The quantitative estimate of drug-likeness (QED) is 0.423. The SMILES string of the molecule is CCNC(=NCC1(CCO)CCOC1)NCCc1nc2ccccc2[nH]1. The number of fused-ring (bicyclic) bond motifs is 1. The number of ether oxygens (including phenoxy) is 1. The van der Waals surface area contributed by atoms with Crippen LogP contribution in [0.4, 0.5) is 0 Å². The van der Waals surface area contributed by atoms with Crippen molar-refractivity contribution in [1.82, 2.24) is 20.6 Å². The van der Waals surface area contributed by atoms with Crippen LogP contribution < -0.4 is 10.6 Å². The van der Waals surface area contributed by atoms with Crippen LogP contribution in [0.2, 0.25) is 0 Å². The third-order valence-electron chi connectivity index (χ3n) is 4.84. The van der Waals surface area contributed by atoms with Gasteiger partial charge < -0.3 is 25.5 Å². The lowest BCUT2D eigenvalue weighted by molar-refractivity contribution is 0.131. The van der Waals surface area contributed by atoms with Crippen LogP contribution in [0.15, 0.2) is 29.3 Å². The number of hydrogen-bond donors (Lipinski definition) is 4. The second-order valence-electron chi connectivity index (χ2n) is 6.85. The molecule has 1 atom stereocenters. The van der Waals surface area contributed by atoms with Crippen LogP contribution in [0.5, 0.6) is 0 Å². The topological polar surface area (TPSA) is 94.6 Å². The zero-order valence-corrected chi connectivity index (χ0v) is 15.4. The number of H-pyrrole nitrogens is 1. The predicted octanol–water partition coefficient (Wildman–Crippen LogP) is 1.45. The fourth-order valence-electron chi connectivity index (χ4n) is 3.30. The van der Waals surface area contributed by atoms with Crippen LogP contribution >= 0.6 is 0 Å². The number of aromatic nitrogens is 2. The van der Waals surface area contributed by atoms with Crippen LogP contribution in [-0.2, 0) is 11.2 Å². The molecule has 0 spiro atoms. The third-order valence-corrected chi connectivity index (χ3v) is 4.84. The number of aliphatic imine (C=N–C) groups is 1. The number of nitrogens with zero attached hydrogens (tertiary/aromatic N) is 2. The number of aliphatic hydroxyl groups excluding tert-OH is 1. The monoisotopic (exact) mass is 359 g/mol. The molecule has 26 heavy (non-hydrogen) atoms. The molecule has 1 unspecified atom stereocenters. The highest BCUT2D eigenvalue weighted by Gasteiger charge is 2.34. The maximum absolute atomic E-state index is 9.34. The molecule has 4 N–H and O–H groups in total. The fourth-order valence-corrected chi connectivity index (χ4v) is 3.30. The van der Waals surface area contributed by atoms with Crippen molar-refractivity contribution in [2.45, 2.75) is 26.2 Å². The Morgan fingerprint density at radius 2 is 2.27 bits per heavy atom. The van der Waals surface area contributed by atoms with Crippen molar-refractivity contribution in [2.75, 3.05) is 39.5 Å². The Hall–Kier alpha value is -2.12. The molecule has 0 saturated carbocycles. The van der Waals surface area contributed by atoms with Gasteiger partial charge in [-0.2, -0.15) is 0 Å². The first-order valence-corrected chi connectivity index (χ1v) is 9.39. The van der Waals surface area contributed by atoms with Gasteiger partial charge in [0.1, 0.15) is 5.82 Å². The Kier molecular flexibility index (Phi) is 6.46. The zero-order chi connectivity index (χ0) is 18.2. The Labute approximate surface area is 154 Å². The molecule has 1 aliphatic rings. The number of hydrogen-bond acceptors (Lipinski definition) is 4. The molecule has 7 nitrogen and oxygen atoms in total. The first-order valence-electron chi connectivity index (χ1n) is 9.39. The number of benzene rings is 1. The first kappa shape index (κ1) is 18.7. The van der Waals surface area contributed by atoms with Crippen LogP contribution in [0.25, 0.3) is 11.0 Å². The predicted molar refractivity (Wildman–Crippen MR) is 103 cm³/mol. The van der Waals surface area contributed by atoms with Gasteiger partial charge in [0.2, 0.25) is 0 Å².